The van der Waals surface area contributed by atoms with Crippen LogP contribution in [-0.2, 0) is 6.61 Å². The van der Waals surface area contributed by atoms with Crippen molar-refractivity contribution in [2.75, 3.05) is 7.11 Å². The molecule has 0 amide bonds. The zero-order valence-corrected chi connectivity index (χ0v) is 17.6. The largest absolute Gasteiger partial charge is 0.496 e. The molecule has 138 valence electrons. The van der Waals surface area contributed by atoms with E-state index in [0.29, 0.717) is 28.0 Å². The van der Waals surface area contributed by atoms with Gasteiger partial charge >= 0.3 is 0 Å². The molecular weight excluding hydrogens is 448 g/mol. The van der Waals surface area contributed by atoms with Gasteiger partial charge in [0.1, 0.15) is 18.1 Å². The summed E-state index contributed by atoms with van der Waals surface area (Å²) >= 11 is 10.9. The number of thiophene rings is 1. The summed E-state index contributed by atoms with van der Waals surface area (Å²) in [6.45, 7) is 0.306. The Bertz CT molecular complexity index is 981. The van der Waals surface area contributed by atoms with Gasteiger partial charge in [0, 0.05) is 15.4 Å². The zero-order valence-electron chi connectivity index (χ0n) is 14.4. The average molecular weight is 464 g/mol. The number of methoxy groups -OCH3 is 1. The maximum absolute atomic E-state index is 12.2. The summed E-state index contributed by atoms with van der Waals surface area (Å²) in [6, 6.07) is 14.8. The Hall–Kier alpha value is -2.08. The molecule has 3 nitrogen and oxygen atoms in total. The quantitative estimate of drug-likeness (QED) is 0.291. The van der Waals surface area contributed by atoms with E-state index in [4.69, 9.17) is 21.1 Å². The third kappa shape index (κ3) is 5.22. The second-order valence-corrected chi connectivity index (χ2v) is 7.85. The summed E-state index contributed by atoms with van der Waals surface area (Å²) < 4.78 is 12.1. The predicted molar refractivity (Wildman–Crippen MR) is 114 cm³/mol. The van der Waals surface area contributed by atoms with Crippen molar-refractivity contribution >= 4 is 50.7 Å². The van der Waals surface area contributed by atoms with E-state index in [-0.39, 0.29) is 5.78 Å². The van der Waals surface area contributed by atoms with Crippen LogP contribution in [0.25, 0.3) is 6.08 Å². The number of benzene rings is 2. The smallest absolute Gasteiger partial charge is 0.195 e. The minimum absolute atomic E-state index is 0.0321. The number of allylic oxidation sites excluding steroid dienone is 1. The molecule has 1 heterocycles. The first kappa shape index (κ1) is 19.7. The van der Waals surface area contributed by atoms with Crippen LogP contribution in [0.5, 0.6) is 11.5 Å². The molecule has 0 atom stereocenters. The second kappa shape index (κ2) is 9.22. The molecule has 3 aromatic rings. The Morgan fingerprint density at radius 3 is 2.70 bits per heavy atom. The van der Waals surface area contributed by atoms with E-state index in [2.05, 4.69) is 15.9 Å². The van der Waals surface area contributed by atoms with Gasteiger partial charge in [0.05, 0.1) is 17.0 Å². The molecule has 0 aliphatic rings. The molecule has 1 aromatic heterocycles. The molecule has 0 N–H and O–H groups in total. The van der Waals surface area contributed by atoms with E-state index in [9.17, 15) is 4.79 Å². The summed E-state index contributed by atoms with van der Waals surface area (Å²) in [4.78, 5) is 12.9. The molecule has 0 unspecified atom stereocenters. The van der Waals surface area contributed by atoms with Gasteiger partial charge in [-0.2, -0.15) is 0 Å². The maximum atomic E-state index is 12.2. The lowest BCUT2D eigenvalue weighted by Crippen LogP contribution is -1.99. The fraction of sp³-hybridized carbons (Fsp3) is 0.0952. The van der Waals surface area contributed by atoms with Crippen molar-refractivity contribution in [1.29, 1.82) is 0 Å². The number of para-hydroxylation sites is 1. The van der Waals surface area contributed by atoms with E-state index >= 15 is 0 Å². The van der Waals surface area contributed by atoms with Crippen LogP contribution in [-0.4, -0.2) is 12.9 Å². The normalized spacial score (nSPS) is 10.9. The highest BCUT2D eigenvalue weighted by Crippen LogP contribution is 2.27. The highest BCUT2D eigenvalue weighted by molar-refractivity contribution is 9.10. The van der Waals surface area contributed by atoms with Crippen LogP contribution in [0.15, 0.2) is 64.5 Å². The van der Waals surface area contributed by atoms with Crippen molar-refractivity contribution < 1.29 is 14.3 Å². The van der Waals surface area contributed by atoms with Crippen molar-refractivity contribution in [1.82, 2.24) is 0 Å². The maximum Gasteiger partial charge on any atom is 0.195 e. The van der Waals surface area contributed by atoms with Crippen molar-refractivity contribution in [3.8, 4) is 11.5 Å². The van der Waals surface area contributed by atoms with Crippen LogP contribution in [0.1, 0.15) is 20.8 Å². The lowest BCUT2D eigenvalue weighted by atomic mass is 10.1. The van der Waals surface area contributed by atoms with Crippen LogP contribution in [0.2, 0.25) is 5.02 Å². The van der Waals surface area contributed by atoms with Gasteiger partial charge in [0.2, 0.25) is 0 Å². The molecule has 0 saturated heterocycles. The first-order valence-corrected chi connectivity index (χ1v) is 10.1. The number of rotatable bonds is 7. The molecule has 0 radical (unpaired) electrons. The second-order valence-electron chi connectivity index (χ2n) is 5.62. The summed E-state index contributed by atoms with van der Waals surface area (Å²) in [6.07, 6.45) is 3.35. The Labute approximate surface area is 175 Å². The standard InChI is InChI=1S/C21H16BrClO3S/c1-25-19-9-7-14(6-8-18(24)21-11-16(22)13-27-21)10-15(19)12-26-20-5-3-2-4-17(20)23/h2-11,13H,12H2,1H3/b8-6+. The van der Waals surface area contributed by atoms with Crippen LogP contribution in [0.4, 0.5) is 0 Å². The van der Waals surface area contributed by atoms with Crippen LogP contribution in [0, 0.1) is 0 Å². The highest BCUT2D eigenvalue weighted by atomic mass is 79.9. The molecule has 0 spiro atoms. The number of halogens is 2. The van der Waals surface area contributed by atoms with Crippen LogP contribution in [0.3, 0.4) is 0 Å². The number of hydrogen-bond donors (Lipinski definition) is 0. The highest BCUT2D eigenvalue weighted by Gasteiger charge is 2.08. The minimum atomic E-state index is -0.0321. The summed E-state index contributed by atoms with van der Waals surface area (Å²) in [7, 11) is 1.61. The number of carbonyl (C=O) groups is 1. The van der Waals surface area contributed by atoms with Crippen molar-refractivity contribution in [3.63, 3.8) is 0 Å². The van der Waals surface area contributed by atoms with Crippen molar-refractivity contribution in [2.24, 2.45) is 0 Å². The summed E-state index contributed by atoms with van der Waals surface area (Å²) in [5.41, 5.74) is 1.75. The molecule has 0 aliphatic heterocycles. The van der Waals surface area contributed by atoms with Gasteiger partial charge in [-0.3, -0.25) is 4.79 Å². The number of ether oxygens (including phenoxy) is 2. The molecule has 6 heteroatoms. The van der Waals surface area contributed by atoms with E-state index < -0.39 is 0 Å². The molecule has 0 fully saturated rings. The van der Waals surface area contributed by atoms with E-state index in [1.807, 2.05) is 47.8 Å². The molecule has 27 heavy (non-hydrogen) atoms. The Morgan fingerprint density at radius 1 is 1.19 bits per heavy atom. The first-order chi connectivity index (χ1) is 13.1. The number of hydrogen-bond acceptors (Lipinski definition) is 4. The lowest BCUT2D eigenvalue weighted by Gasteiger charge is -2.12. The van der Waals surface area contributed by atoms with Crippen LogP contribution >= 0.6 is 38.9 Å². The summed E-state index contributed by atoms with van der Waals surface area (Å²) in [5.74, 6) is 1.30. The molecule has 0 saturated carbocycles. The summed E-state index contributed by atoms with van der Waals surface area (Å²) in [5, 5.41) is 2.44. The number of carbonyl (C=O) groups excluding carboxylic acids is 1. The van der Waals surface area contributed by atoms with Crippen molar-refractivity contribution in [2.45, 2.75) is 6.61 Å². The van der Waals surface area contributed by atoms with E-state index in [0.717, 1.165) is 15.6 Å². The average Bonchev–Trinajstić information content (AvgIpc) is 3.12. The topological polar surface area (TPSA) is 35.5 Å². The Morgan fingerprint density at radius 2 is 2.00 bits per heavy atom. The van der Waals surface area contributed by atoms with Gasteiger partial charge in [-0.1, -0.05) is 35.9 Å². The zero-order chi connectivity index (χ0) is 19.2. The van der Waals surface area contributed by atoms with Gasteiger partial charge in [-0.05, 0) is 57.9 Å². The Kier molecular flexibility index (Phi) is 6.72. The molecule has 2 aromatic carbocycles. The van der Waals surface area contributed by atoms with E-state index in [1.165, 1.54) is 11.3 Å². The molecule has 0 aliphatic carbocycles. The van der Waals surface area contributed by atoms with Gasteiger partial charge in [0.15, 0.2) is 5.78 Å². The van der Waals surface area contributed by atoms with E-state index in [1.54, 1.807) is 25.3 Å². The molecular formula is C21H16BrClO3S. The van der Waals surface area contributed by atoms with Gasteiger partial charge < -0.3 is 9.47 Å². The monoisotopic (exact) mass is 462 g/mol. The third-order valence-electron chi connectivity index (χ3n) is 3.76. The molecule has 3 rings (SSSR count). The Balaban J connectivity index is 1.75. The first-order valence-electron chi connectivity index (χ1n) is 8.07. The molecule has 0 bridgehead atoms. The van der Waals surface area contributed by atoms with Crippen LogP contribution < -0.4 is 9.47 Å². The fourth-order valence-electron chi connectivity index (χ4n) is 2.43. The minimum Gasteiger partial charge on any atom is -0.496 e. The van der Waals surface area contributed by atoms with Gasteiger partial charge in [0.25, 0.3) is 0 Å². The van der Waals surface area contributed by atoms with Crippen molar-refractivity contribution in [3.05, 3.63) is 85.5 Å². The van der Waals surface area contributed by atoms with Gasteiger partial charge in [-0.15, -0.1) is 11.3 Å². The van der Waals surface area contributed by atoms with Gasteiger partial charge in [-0.25, -0.2) is 0 Å². The SMILES string of the molecule is COc1ccc(/C=C/C(=O)c2cc(Br)cs2)cc1COc1ccccc1Cl. The fourth-order valence-corrected chi connectivity index (χ4v) is 3.97. The number of ketones is 1. The third-order valence-corrected chi connectivity index (χ3v) is 5.78. The predicted octanol–water partition coefficient (Wildman–Crippen LogP) is 6.65. The lowest BCUT2D eigenvalue weighted by molar-refractivity contribution is 0.105.